The van der Waals surface area contributed by atoms with Gasteiger partial charge in [-0.3, -0.25) is 9.88 Å². The molecule has 2 unspecified atom stereocenters. The van der Waals surface area contributed by atoms with E-state index < -0.39 is 6.09 Å². The lowest BCUT2D eigenvalue weighted by atomic mass is 10.0. The number of hydrogen-bond acceptors (Lipinski definition) is 6. The summed E-state index contributed by atoms with van der Waals surface area (Å²) in [6.45, 7) is 8.14. The molecule has 32 heavy (non-hydrogen) atoms. The lowest BCUT2D eigenvalue weighted by molar-refractivity contribution is 0.177. The standard InChI is InChI=1S/C24H26FN5O2/c1-14(2)21-13-32-24(31)30(21)22-9-10-26-23(29-22)28-16(4)20-8-6-18(12-27-20)17-5-7-19(25)15(3)11-17/h5-12,14,16,21H,13H2,1-4H3,(H,26,28,29). The Morgan fingerprint density at radius 1 is 1.12 bits per heavy atom. The van der Waals surface area contributed by atoms with Gasteiger partial charge in [0, 0.05) is 18.0 Å². The molecular weight excluding hydrogens is 409 g/mol. The van der Waals surface area contributed by atoms with E-state index in [0.29, 0.717) is 23.9 Å². The topological polar surface area (TPSA) is 80.2 Å². The maximum Gasteiger partial charge on any atom is 0.415 e. The van der Waals surface area contributed by atoms with Gasteiger partial charge in [0.1, 0.15) is 18.2 Å². The quantitative estimate of drug-likeness (QED) is 0.577. The van der Waals surface area contributed by atoms with Crippen LogP contribution < -0.4 is 10.2 Å². The molecule has 7 nitrogen and oxygen atoms in total. The Hall–Kier alpha value is -3.55. The SMILES string of the molecule is Cc1cc(-c2ccc(C(C)Nc3nccc(N4C(=O)OCC4C(C)C)n3)nc2)ccc1F. The van der Waals surface area contributed by atoms with Crippen LogP contribution in [0, 0.1) is 18.7 Å². The number of amides is 1. The van der Waals surface area contributed by atoms with Crippen molar-refractivity contribution in [1.29, 1.82) is 0 Å². The van der Waals surface area contributed by atoms with Gasteiger partial charge in [-0.15, -0.1) is 0 Å². The highest BCUT2D eigenvalue weighted by molar-refractivity contribution is 5.89. The van der Waals surface area contributed by atoms with E-state index in [1.807, 2.05) is 32.9 Å². The Bertz CT molecular complexity index is 1120. The molecule has 1 aromatic carbocycles. The number of rotatable bonds is 6. The van der Waals surface area contributed by atoms with Crippen molar-refractivity contribution in [2.24, 2.45) is 5.92 Å². The number of carbonyl (C=O) groups excluding carboxylic acids is 1. The molecule has 2 atom stereocenters. The van der Waals surface area contributed by atoms with Crippen LogP contribution in [-0.4, -0.2) is 33.7 Å². The summed E-state index contributed by atoms with van der Waals surface area (Å²) in [5.74, 6) is 0.919. The third-order valence-corrected chi connectivity index (χ3v) is 5.63. The van der Waals surface area contributed by atoms with E-state index in [1.54, 1.807) is 42.4 Å². The van der Waals surface area contributed by atoms with Gasteiger partial charge in [-0.05, 0) is 55.2 Å². The second-order valence-corrected chi connectivity index (χ2v) is 8.30. The number of cyclic esters (lactones) is 1. The van der Waals surface area contributed by atoms with Crippen LogP contribution in [0.3, 0.4) is 0 Å². The van der Waals surface area contributed by atoms with E-state index in [1.165, 1.54) is 6.07 Å². The summed E-state index contributed by atoms with van der Waals surface area (Å²) in [4.78, 5) is 27.2. The molecule has 0 spiro atoms. The summed E-state index contributed by atoms with van der Waals surface area (Å²) >= 11 is 0. The average Bonchev–Trinajstić information content (AvgIpc) is 3.18. The Morgan fingerprint density at radius 3 is 2.59 bits per heavy atom. The smallest absolute Gasteiger partial charge is 0.415 e. The van der Waals surface area contributed by atoms with Crippen molar-refractivity contribution in [2.45, 2.75) is 39.8 Å². The number of benzene rings is 1. The molecule has 0 bridgehead atoms. The highest BCUT2D eigenvalue weighted by Crippen LogP contribution is 2.27. The van der Waals surface area contributed by atoms with Crippen LogP contribution in [-0.2, 0) is 4.74 Å². The Labute approximate surface area is 186 Å². The molecule has 8 heteroatoms. The van der Waals surface area contributed by atoms with E-state index >= 15 is 0 Å². The van der Waals surface area contributed by atoms with Gasteiger partial charge in [-0.25, -0.2) is 14.2 Å². The van der Waals surface area contributed by atoms with E-state index in [4.69, 9.17) is 4.74 Å². The fourth-order valence-corrected chi connectivity index (χ4v) is 3.67. The minimum absolute atomic E-state index is 0.0630. The van der Waals surface area contributed by atoms with Gasteiger partial charge in [0.25, 0.3) is 0 Å². The number of nitrogens with zero attached hydrogens (tertiary/aromatic N) is 4. The summed E-state index contributed by atoms with van der Waals surface area (Å²) in [6.07, 6.45) is 2.99. The van der Waals surface area contributed by atoms with Crippen molar-refractivity contribution in [3.8, 4) is 11.1 Å². The van der Waals surface area contributed by atoms with Gasteiger partial charge in [0.05, 0.1) is 17.8 Å². The monoisotopic (exact) mass is 435 g/mol. The van der Waals surface area contributed by atoms with Gasteiger partial charge in [-0.2, -0.15) is 4.98 Å². The van der Waals surface area contributed by atoms with Crippen molar-refractivity contribution in [1.82, 2.24) is 15.0 Å². The molecular formula is C24H26FN5O2. The number of nitrogens with one attached hydrogen (secondary N) is 1. The van der Waals surface area contributed by atoms with Gasteiger partial charge < -0.3 is 10.1 Å². The van der Waals surface area contributed by atoms with Crippen LogP contribution >= 0.6 is 0 Å². The Morgan fingerprint density at radius 2 is 1.91 bits per heavy atom. The molecule has 1 saturated heterocycles. The van der Waals surface area contributed by atoms with Gasteiger partial charge >= 0.3 is 6.09 Å². The first-order chi connectivity index (χ1) is 15.3. The number of carbonyl (C=O) groups is 1. The number of hydrogen-bond donors (Lipinski definition) is 1. The lowest BCUT2D eigenvalue weighted by Crippen LogP contribution is -2.37. The Kier molecular flexibility index (Phi) is 6.03. The van der Waals surface area contributed by atoms with Crippen LogP contribution in [0.2, 0.25) is 0 Å². The van der Waals surface area contributed by atoms with Crippen molar-refractivity contribution < 1.29 is 13.9 Å². The van der Waals surface area contributed by atoms with Crippen LogP contribution in [0.15, 0.2) is 48.8 Å². The highest BCUT2D eigenvalue weighted by atomic mass is 19.1. The number of ether oxygens (including phenoxy) is 1. The molecule has 1 N–H and O–H groups in total. The van der Waals surface area contributed by atoms with Gasteiger partial charge in [0.15, 0.2) is 0 Å². The molecule has 3 heterocycles. The van der Waals surface area contributed by atoms with E-state index in [9.17, 15) is 9.18 Å². The molecule has 1 amide bonds. The van der Waals surface area contributed by atoms with Gasteiger partial charge in [0.2, 0.25) is 5.95 Å². The first-order valence-electron chi connectivity index (χ1n) is 10.6. The molecule has 2 aromatic heterocycles. The largest absolute Gasteiger partial charge is 0.447 e. The van der Waals surface area contributed by atoms with Crippen molar-refractivity contribution in [2.75, 3.05) is 16.8 Å². The van der Waals surface area contributed by atoms with Crippen LogP contribution in [0.25, 0.3) is 11.1 Å². The zero-order valence-electron chi connectivity index (χ0n) is 18.5. The molecule has 166 valence electrons. The summed E-state index contributed by atoms with van der Waals surface area (Å²) in [5.41, 5.74) is 3.23. The predicted octanol–water partition coefficient (Wildman–Crippen LogP) is 5.14. The summed E-state index contributed by atoms with van der Waals surface area (Å²) in [5, 5.41) is 3.24. The first kappa shape index (κ1) is 21.7. The summed E-state index contributed by atoms with van der Waals surface area (Å²) < 4.78 is 18.8. The number of aryl methyl sites for hydroxylation is 1. The number of aromatic nitrogens is 3. The highest BCUT2D eigenvalue weighted by Gasteiger charge is 2.37. The number of halogens is 1. The average molecular weight is 436 g/mol. The molecule has 0 saturated carbocycles. The third kappa shape index (κ3) is 4.39. The molecule has 1 aliphatic rings. The first-order valence-corrected chi connectivity index (χ1v) is 10.6. The predicted molar refractivity (Wildman–Crippen MR) is 121 cm³/mol. The van der Waals surface area contributed by atoms with Crippen molar-refractivity contribution in [3.63, 3.8) is 0 Å². The van der Waals surface area contributed by atoms with Gasteiger partial charge in [-0.1, -0.05) is 26.0 Å². The Balaban J connectivity index is 1.49. The van der Waals surface area contributed by atoms with Crippen LogP contribution in [0.4, 0.5) is 21.0 Å². The normalized spacial score (nSPS) is 16.9. The van der Waals surface area contributed by atoms with Crippen LogP contribution in [0.1, 0.15) is 38.1 Å². The molecule has 1 fully saturated rings. The number of pyridine rings is 1. The minimum atomic E-state index is -0.394. The van der Waals surface area contributed by atoms with Crippen LogP contribution in [0.5, 0.6) is 0 Å². The van der Waals surface area contributed by atoms with E-state index in [2.05, 4.69) is 20.3 Å². The molecule has 0 aliphatic carbocycles. The van der Waals surface area contributed by atoms with E-state index in [0.717, 1.165) is 16.8 Å². The zero-order valence-corrected chi connectivity index (χ0v) is 18.5. The third-order valence-electron chi connectivity index (χ3n) is 5.63. The summed E-state index contributed by atoms with van der Waals surface area (Å²) in [7, 11) is 0. The van der Waals surface area contributed by atoms with Crippen molar-refractivity contribution >= 4 is 17.9 Å². The van der Waals surface area contributed by atoms with Crippen molar-refractivity contribution in [3.05, 3.63) is 65.9 Å². The minimum Gasteiger partial charge on any atom is -0.447 e. The maximum absolute atomic E-state index is 13.5. The lowest BCUT2D eigenvalue weighted by Gasteiger charge is -2.23. The maximum atomic E-state index is 13.5. The fourth-order valence-electron chi connectivity index (χ4n) is 3.67. The molecule has 3 aromatic rings. The second-order valence-electron chi connectivity index (χ2n) is 8.30. The fraction of sp³-hybridized carbons (Fsp3) is 0.333. The molecule has 4 rings (SSSR count). The second kappa shape index (κ2) is 8.90. The van der Waals surface area contributed by atoms with E-state index in [-0.39, 0.29) is 23.8 Å². The molecule has 0 radical (unpaired) electrons. The summed E-state index contributed by atoms with van der Waals surface area (Å²) in [6, 6.07) is 10.4. The zero-order chi connectivity index (χ0) is 22.8. The number of anilines is 2. The molecule has 1 aliphatic heterocycles.